The molecule has 9 heavy (non-hydrogen) atoms. The van der Waals surface area contributed by atoms with Crippen LogP contribution in [0.5, 0.6) is 0 Å². The van der Waals surface area contributed by atoms with Crippen LogP contribution >= 0.6 is 11.3 Å². The fraction of sp³-hybridized carbons (Fsp3) is 0. The fourth-order valence-electron chi connectivity index (χ4n) is 0.738. The Kier molecular flexibility index (Phi) is 0.960. The van der Waals surface area contributed by atoms with Gasteiger partial charge in [0.25, 0.3) is 6.33 Å². The van der Waals surface area contributed by atoms with Gasteiger partial charge in [-0.2, -0.15) is 4.40 Å². The molecule has 0 fully saturated rings. The van der Waals surface area contributed by atoms with Crippen molar-refractivity contribution in [2.45, 2.75) is 0 Å². The molecule has 0 N–H and O–H groups in total. The molecular formula is C6H5N2S+. The highest BCUT2D eigenvalue weighted by molar-refractivity contribution is 7.14. The predicted octanol–water partition coefficient (Wildman–Crippen LogP) is 0.882. The van der Waals surface area contributed by atoms with E-state index in [-0.39, 0.29) is 0 Å². The summed E-state index contributed by atoms with van der Waals surface area (Å²) in [5.41, 5.74) is 0. The zero-order valence-electron chi connectivity index (χ0n) is 4.69. The van der Waals surface area contributed by atoms with Crippen LogP contribution in [0.3, 0.4) is 0 Å². The molecule has 0 saturated carbocycles. The maximum atomic E-state index is 3.95. The Labute approximate surface area is 56.4 Å². The van der Waals surface area contributed by atoms with Gasteiger partial charge in [0.05, 0.1) is 0 Å². The molecule has 0 aliphatic rings. The summed E-state index contributed by atoms with van der Waals surface area (Å²) in [6.45, 7) is 0. The number of fused-ring (bicyclic) bond motifs is 1. The summed E-state index contributed by atoms with van der Waals surface area (Å²) >= 11 is 1.71. The number of nitrogens with zero attached hydrogens (tertiary/aromatic N) is 2. The zero-order chi connectivity index (χ0) is 6.10. The van der Waals surface area contributed by atoms with E-state index in [1.165, 1.54) is 4.83 Å². The van der Waals surface area contributed by atoms with Gasteiger partial charge in [0.2, 0.25) is 0 Å². The van der Waals surface area contributed by atoms with Gasteiger partial charge in [-0.1, -0.05) is 16.3 Å². The van der Waals surface area contributed by atoms with Crippen LogP contribution in [0.4, 0.5) is 0 Å². The summed E-state index contributed by atoms with van der Waals surface area (Å²) in [6.07, 6.45) is 5.59. The first-order valence-electron chi connectivity index (χ1n) is 2.65. The molecule has 0 amide bonds. The van der Waals surface area contributed by atoms with Crippen molar-refractivity contribution >= 4 is 16.2 Å². The molecule has 0 aromatic carbocycles. The second-order valence-corrected chi connectivity index (χ2v) is 2.65. The molecule has 0 atom stereocenters. The third kappa shape index (κ3) is 0.695. The SMILES string of the molecule is c1cc2scc[n+]2cn1. The summed E-state index contributed by atoms with van der Waals surface area (Å²) in [5, 5.41) is 2.04. The lowest BCUT2D eigenvalue weighted by Gasteiger charge is -1.75. The lowest BCUT2D eigenvalue weighted by Crippen LogP contribution is -2.16. The average Bonchev–Trinajstić information content (AvgIpc) is 2.33. The van der Waals surface area contributed by atoms with Gasteiger partial charge in [-0.25, -0.2) is 0 Å². The van der Waals surface area contributed by atoms with Crippen LogP contribution in [0.1, 0.15) is 0 Å². The molecule has 44 valence electrons. The monoisotopic (exact) mass is 137 g/mol. The van der Waals surface area contributed by atoms with Crippen molar-refractivity contribution in [3.05, 3.63) is 30.2 Å². The molecule has 2 aromatic rings. The minimum Gasteiger partial charge on any atom is -0.193 e. The van der Waals surface area contributed by atoms with Gasteiger partial charge in [0.15, 0.2) is 4.83 Å². The molecule has 2 heterocycles. The van der Waals surface area contributed by atoms with Crippen LogP contribution in [0, 0.1) is 0 Å². The molecule has 0 bridgehead atoms. The molecule has 2 rings (SSSR count). The Morgan fingerprint density at radius 2 is 2.56 bits per heavy atom. The number of thiazole rings is 1. The molecule has 3 heteroatoms. The average molecular weight is 137 g/mol. The predicted molar refractivity (Wildman–Crippen MR) is 35.3 cm³/mol. The summed E-state index contributed by atoms with van der Waals surface area (Å²) < 4.78 is 1.99. The quantitative estimate of drug-likeness (QED) is 0.493. The van der Waals surface area contributed by atoms with Crippen LogP contribution in [0.25, 0.3) is 4.83 Å². The standard InChI is InChI=1S/C6H5N2S/c1-2-7-5-8-3-4-9-6(1)8/h1-5H/q+1. The van der Waals surface area contributed by atoms with E-state index in [1.807, 2.05) is 22.0 Å². The number of hydrogen-bond acceptors (Lipinski definition) is 2. The van der Waals surface area contributed by atoms with Gasteiger partial charge < -0.3 is 0 Å². The Morgan fingerprint density at radius 1 is 1.56 bits per heavy atom. The smallest absolute Gasteiger partial charge is 0.193 e. The van der Waals surface area contributed by atoms with Crippen molar-refractivity contribution in [1.82, 2.24) is 4.98 Å². The molecule has 2 nitrogen and oxygen atoms in total. The Morgan fingerprint density at radius 3 is 3.44 bits per heavy atom. The molecule has 0 unspecified atom stereocenters. The first-order valence-corrected chi connectivity index (χ1v) is 3.53. The van der Waals surface area contributed by atoms with Gasteiger partial charge in [-0.3, -0.25) is 0 Å². The highest BCUT2D eigenvalue weighted by Crippen LogP contribution is 2.00. The van der Waals surface area contributed by atoms with E-state index in [9.17, 15) is 0 Å². The first kappa shape index (κ1) is 4.88. The van der Waals surface area contributed by atoms with E-state index in [1.54, 1.807) is 23.9 Å². The van der Waals surface area contributed by atoms with Gasteiger partial charge in [-0.05, 0) is 0 Å². The van der Waals surface area contributed by atoms with Crippen molar-refractivity contribution in [3.8, 4) is 0 Å². The summed E-state index contributed by atoms with van der Waals surface area (Å²) in [7, 11) is 0. The Balaban J connectivity index is 2.95. The Hall–Kier alpha value is -0.960. The highest BCUT2D eigenvalue weighted by Gasteiger charge is 1.95. The first-order chi connectivity index (χ1) is 4.47. The Bertz CT molecular complexity index is 285. The normalized spacial score (nSPS) is 10.2. The molecular weight excluding hydrogens is 132 g/mol. The van der Waals surface area contributed by atoms with E-state index in [4.69, 9.17) is 0 Å². The van der Waals surface area contributed by atoms with Crippen molar-refractivity contribution in [3.63, 3.8) is 0 Å². The summed E-state index contributed by atoms with van der Waals surface area (Å²) in [5.74, 6) is 0. The van der Waals surface area contributed by atoms with Gasteiger partial charge >= 0.3 is 0 Å². The third-order valence-electron chi connectivity index (χ3n) is 1.16. The second-order valence-electron chi connectivity index (χ2n) is 1.73. The van der Waals surface area contributed by atoms with Crippen LogP contribution in [-0.4, -0.2) is 4.98 Å². The van der Waals surface area contributed by atoms with E-state index in [2.05, 4.69) is 4.98 Å². The largest absolute Gasteiger partial charge is 0.291 e. The minimum absolute atomic E-state index is 1.23. The number of aromatic nitrogens is 2. The van der Waals surface area contributed by atoms with Gasteiger partial charge in [0.1, 0.15) is 12.4 Å². The molecule has 0 saturated heterocycles. The molecule has 0 aliphatic heterocycles. The van der Waals surface area contributed by atoms with Gasteiger partial charge in [-0.15, -0.1) is 0 Å². The van der Waals surface area contributed by atoms with Crippen LogP contribution in [0.15, 0.2) is 30.2 Å². The van der Waals surface area contributed by atoms with Crippen LogP contribution in [0.2, 0.25) is 0 Å². The highest BCUT2D eigenvalue weighted by atomic mass is 32.1. The van der Waals surface area contributed by atoms with E-state index >= 15 is 0 Å². The lowest BCUT2D eigenvalue weighted by molar-refractivity contribution is -0.511. The van der Waals surface area contributed by atoms with E-state index < -0.39 is 0 Å². The molecule has 0 aliphatic carbocycles. The second kappa shape index (κ2) is 1.77. The lowest BCUT2D eigenvalue weighted by atomic mass is 10.7. The van der Waals surface area contributed by atoms with Crippen molar-refractivity contribution in [1.29, 1.82) is 0 Å². The molecule has 0 radical (unpaired) electrons. The van der Waals surface area contributed by atoms with Crippen molar-refractivity contribution in [2.24, 2.45) is 0 Å². The molecule has 0 spiro atoms. The maximum absolute atomic E-state index is 3.95. The third-order valence-corrected chi connectivity index (χ3v) is 2.01. The van der Waals surface area contributed by atoms with E-state index in [0.29, 0.717) is 0 Å². The summed E-state index contributed by atoms with van der Waals surface area (Å²) in [6, 6.07) is 1.99. The van der Waals surface area contributed by atoms with E-state index in [0.717, 1.165) is 0 Å². The van der Waals surface area contributed by atoms with Crippen LogP contribution in [-0.2, 0) is 0 Å². The van der Waals surface area contributed by atoms with Crippen molar-refractivity contribution < 1.29 is 4.40 Å². The fourth-order valence-corrected chi connectivity index (χ4v) is 1.44. The number of hydrogen-bond donors (Lipinski definition) is 0. The van der Waals surface area contributed by atoms with Crippen molar-refractivity contribution in [2.75, 3.05) is 0 Å². The summed E-state index contributed by atoms with van der Waals surface area (Å²) in [4.78, 5) is 5.18. The van der Waals surface area contributed by atoms with Gasteiger partial charge in [0, 0.05) is 11.4 Å². The molecule has 2 aromatic heterocycles. The zero-order valence-corrected chi connectivity index (χ0v) is 5.51. The topological polar surface area (TPSA) is 17.0 Å². The number of rotatable bonds is 0. The maximum Gasteiger partial charge on any atom is 0.291 e. The van der Waals surface area contributed by atoms with Crippen LogP contribution < -0.4 is 4.40 Å². The minimum atomic E-state index is 1.23.